The molecule has 2 aromatic heterocycles. The number of imidazole rings is 1. The summed E-state index contributed by atoms with van der Waals surface area (Å²) < 4.78 is 39.2. The van der Waals surface area contributed by atoms with Crippen molar-refractivity contribution in [2.45, 2.75) is 25.4 Å². The van der Waals surface area contributed by atoms with Gasteiger partial charge < -0.3 is 35.6 Å². The first-order valence-electron chi connectivity index (χ1n) is 9.25. The highest BCUT2D eigenvalue weighted by atomic mass is 31.3. The summed E-state index contributed by atoms with van der Waals surface area (Å²) >= 11 is 0. The summed E-state index contributed by atoms with van der Waals surface area (Å²) in [7, 11) is -9.30. The number of aryl methyl sites for hydroxylation is 1. The zero-order valence-corrected chi connectivity index (χ0v) is 19.0. The van der Waals surface area contributed by atoms with Gasteiger partial charge >= 0.3 is 13.5 Å². The van der Waals surface area contributed by atoms with E-state index < -0.39 is 58.1 Å². The second-order valence-electron chi connectivity index (χ2n) is 7.23. The lowest BCUT2D eigenvalue weighted by molar-refractivity contribution is -0.745. The van der Waals surface area contributed by atoms with Crippen LogP contribution in [0.1, 0.15) is 13.2 Å². The van der Waals surface area contributed by atoms with E-state index in [0.29, 0.717) is 0 Å². The van der Waals surface area contributed by atoms with Crippen molar-refractivity contribution in [1.82, 2.24) is 19.9 Å². The Labute approximate surface area is 185 Å². The van der Waals surface area contributed by atoms with Crippen LogP contribution in [0.3, 0.4) is 0 Å². The highest BCUT2D eigenvalue weighted by molar-refractivity contribution is 7.60. The zero-order valence-electron chi connectivity index (χ0n) is 17.2. The monoisotopic (exact) mass is 512 g/mol. The van der Waals surface area contributed by atoms with Gasteiger partial charge in [-0.1, -0.05) is 4.98 Å². The molecule has 6 atom stereocenters. The third-order valence-corrected chi connectivity index (χ3v) is 6.91. The molecule has 0 aromatic carbocycles. The number of aromatic amines is 1. The van der Waals surface area contributed by atoms with Crippen molar-refractivity contribution in [2.75, 3.05) is 18.9 Å². The Morgan fingerprint density at radius 3 is 2.76 bits per heavy atom. The molecule has 17 nitrogen and oxygen atoms in total. The fraction of sp³-hybridized carbons (Fsp3) is 0.571. The van der Waals surface area contributed by atoms with E-state index in [0.717, 1.165) is 0 Å². The van der Waals surface area contributed by atoms with E-state index in [1.54, 1.807) is 0 Å². The van der Waals surface area contributed by atoms with Crippen molar-refractivity contribution >= 4 is 38.7 Å². The molecule has 3 heterocycles. The number of hydrogen-bond donors (Lipinski definition) is 6. The van der Waals surface area contributed by atoms with Crippen molar-refractivity contribution in [3.8, 4) is 0 Å². The molecule has 33 heavy (non-hydrogen) atoms. The average molecular weight is 512 g/mol. The molecule has 19 heteroatoms. The van der Waals surface area contributed by atoms with Crippen LogP contribution in [0.4, 0.5) is 5.95 Å². The van der Waals surface area contributed by atoms with Crippen LogP contribution in [-0.2, 0) is 34.5 Å². The summed E-state index contributed by atoms with van der Waals surface area (Å²) in [6.07, 6.45) is -2.34. The largest absolute Gasteiger partial charge is 0.756 e. The van der Waals surface area contributed by atoms with Gasteiger partial charge in [0.25, 0.3) is 19.3 Å². The number of nitrogen functional groups attached to an aromatic ring is 1. The van der Waals surface area contributed by atoms with Gasteiger partial charge in [-0.05, 0) is 0 Å². The molecule has 0 aliphatic carbocycles. The summed E-state index contributed by atoms with van der Waals surface area (Å²) in [6.45, 7) is 0.304. The number of carbonyl (C=O) groups excluding carboxylic acids is 1. The molecule has 0 saturated carbocycles. The summed E-state index contributed by atoms with van der Waals surface area (Å²) in [6, 6.07) is 0. The predicted molar refractivity (Wildman–Crippen MR) is 105 cm³/mol. The Morgan fingerprint density at radius 1 is 1.48 bits per heavy atom. The lowest BCUT2D eigenvalue weighted by atomic mass is 9.98. The van der Waals surface area contributed by atoms with E-state index in [9.17, 15) is 33.6 Å². The van der Waals surface area contributed by atoms with Gasteiger partial charge in [0.15, 0.2) is 6.33 Å². The van der Waals surface area contributed by atoms with Gasteiger partial charge in [0.1, 0.15) is 6.10 Å². The second kappa shape index (κ2) is 9.21. The Bertz CT molecular complexity index is 1210. The van der Waals surface area contributed by atoms with E-state index in [4.69, 9.17) is 15.4 Å². The van der Waals surface area contributed by atoms with Crippen LogP contribution >= 0.6 is 15.6 Å². The molecule has 2 aromatic rings. The Hall–Kier alpha value is -2.20. The lowest BCUT2D eigenvalue weighted by Crippen LogP contribution is -2.46. The number of amides is 1. The van der Waals surface area contributed by atoms with Crippen molar-refractivity contribution in [1.29, 1.82) is 0 Å². The number of fused-ring (bicyclic) bond motifs is 1. The summed E-state index contributed by atoms with van der Waals surface area (Å²) in [5, 5.41) is 13.4. The normalized spacial score (nSPS) is 26.7. The Balaban J connectivity index is 1.91. The summed E-state index contributed by atoms with van der Waals surface area (Å²) in [5.41, 5.74) is 5.24. The number of nitrogens with two attached hydrogens (primary N) is 1. The molecule has 1 saturated heterocycles. The number of rotatable bonds is 8. The molecule has 1 aliphatic rings. The minimum atomic E-state index is -5.59. The molecule has 184 valence electrons. The molecule has 7 N–H and O–H groups in total. The van der Waals surface area contributed by atoms with Gasteiger partial charge in [-0.25, -0.2) is 13.4 Å². The third-order valence-electron chi connectivity index (χ3n) is 4.78. The predicted octanol–water partition coefficient (Wildman–Crippen LogP) is -3.26. The maximum Gasteiger partial charge on any atom is 0.478 e. The maximum atomic E-state index is 12.2. The number of aromatic nitrogens is 4. The maximum absolute atomic E-state index is 12.2. The number of phosphoric acid groups is 2. The van der Waals surface area contributed by atoms with Crippen molar-refractivity contribution in [2.24, 2.45) is 13.0 Å². The number of phosphoric ester groups is 1. The molecule has 1 amide bonds. The Morgan fingerprint density at radius 2 is 2.15 bits per heavy atom. The van der Waals surface area contributed by atoms with Crippen LogP contribution in [0.5, 0.6) is 0 Å². The van der Waals surface area contributed by atoms with Crippen LogP contribution in [0.25, 0.3) is 11.2 Å². The summed E-state index contributed by atoms with van der Waals surface area (Å²) in [5.74, 6) is -1.55. The number of nitrogens with zero attached hydrogens (tertiary/aromatic N) is 3. The van der Waals surface area contributed by atoms with E-state index in [1.165, 1.54) is 29.4 Å². The average Bonchev–Trinajstić information content (AvgIpc) is 3.13. The minimum absolute atomic E-state index is 0.0615. The van der Waals surface area contributed by atoms with Crippen LogP contribution in [-0.4, -0.2) is 60.7 Å². The highest BCUT2D eigenvalue weighted by Gasteiger charge is 2.48. The molecule has 1 fully saturated rings. The highest BCUT2D eigenvalue weighted by Crippen LogP contribution is 2.55. The van der Waals surface area contributed by atoms with E-state index in [1.807, 2.05) is 0 Å². The Kier molecular flexibility index (Phi) is 7.10. The van der Waals surface area contributed by atoms with Crippen LogP contribution < -0.4 is 26.1 Å². The molecule has 2 unspecified atom stereocenters. The van der Waals surface area contributed by atoms with Gasteiger partial charge in [-0.3, -0.25) is 28.2 Å². The number of anilines is 1. The first-order chi connectivity index (χ1) is 15.2. The van der Waals surface area contributed by atoms with Gasteiger partial charge in [0.05, 0.1) is 19.8 Å². The lowest BCUT2D eigenvalue weighted by Gasteiger charge is -2.22. The van der Waals surface area contributed by atoms with Gasteiger partial charge in [-0.15, -0.1) is 0 Å². The number of carbonyl (C=O) groups is 1. The molecule has 0 spiro atoms. The number of hydrogen-bond acceptors (Lipinski definition) is 11. The molecule has 0 radical (unpaired) electrons. The number of ether oxygens (including phenoxy) is 1. The van der Waals surface area contributed by atoms with Crippen molar-refractivity contribution in [3.63, 3.8) is 0 Å². The molecule has 0 bridgehead atoms. The number of aliphatic hydroxyl groups excluding tert-OH is 1. The smallest absolute Gasteiger partial charge is 0.478 e. The van der Waals surface area contributed by atoms with E-state index in [2.05, 4.69) is 24.1 Å². The number of H-pyrrole nitrogens is 1. The number of aliphatic hydroxyl groups is 1. The fourth-order valence-electron chi connectivity index (χ4n) is 3.48. The molecule has 1 aliphatic heterocycles. The van der Waals surface area contributed by atoms with E-state index >= 15 is 0 Å². The van der Waals surface area contributed by atoms with Gasteiger partial charge in [0.2, 0.25) is 17.7 Å². The van der Waals surface area contributed by atoms with Crippen molar-refractivity contribution < 1.29 is 51.8 Å². The standard InChI is InChI=1S/C14H22N6O11P2/c1-6(21)16-3-7-8(4-29-33(27,28)31-32(24,25)26)30-13(10(7)22)20-5-19(2)9-11(20)17-14(15)18-12(9)23/h5,7-8,10,13,22H,3-4H2,1-2H3,(H6-,15,16,17,18,21,23,24,25,26,27,28)/t7-,8-,10-,13-/m1/s1. The zero-order chi connectivity index (χ0) is 24.7. The quantitative estimate of drug-likeness (QED) is 0.150. The first-order valence-corrected chi connectivity index (χ1v) is 12.2. The van der Waals surface area contributed by atoms with Gasteiger partial charge in [-0.2, -0.15) is 0 Å². The van der Waals surface area contributed by atoms with Crippen LogP contribution in [0, 0.1) is 5.92 Å². The van der Waals surface area contributed by atoms with Crippen LogP contribution in [0.2, 0.25) is 0 Å². The van der Waals surface area contributed by atoms with Gasteiger partial charge in [0, 0.05) is 19.4 Å². The molecule has 3 rings (SSSR count). The topological polar surface area (TPSA) is 255 Å². The second-order valence-corrected chi connectivity index (χ2v) is 10.0. The third kappa shape index (κ3) is 5.84. The fourth-order valence-corrected chi connectivity index (χ4v) is 5.04. The minimum Gasteiger partial charge on any atom is -0.756 e. The van der Waals surface area contributed by atoms with E-state index in [-0.39, 0.29) is 23.7 Å². The summed E-state index contributed by atoms with van der Waals surface area (Å²) in [4.78, 5) is 58.8. The molecular formula is C14H22N6O11P2. The number of nitrogens with one attached hydrogen (secondary N) is 2. The first kappa shape index (κ1) is 25.4. The van der Waals surface area contributed by atoms with Crippen LogP contribution in [0.15, 0.2) is 11.1 Å². The SMILES string of the molecule is CC(=O)NC[C@H]1[C@@H](O)[C@H]([n+]2cn(C)c3c(=O)[nH]c(N)nc32)O[C@@H]1COP(=O)(O)OP(=O)([O-])O. The van der Waals surface area contributed by atoms with Crippen molar-refractivity contribution in [3.05, 3.63) is 16.7 Å². The molecular weight excluding hydrogens is 490 g/mol.